The van der Waals surface area contributed by atoms with Crippen LogP contribution in [0.4, 0.5) is 10.2 Å². The fourth-order valence-corrected chi connectivity index (χ4v) is 2.67. The summed E-state index contributed by atoms with van der Waals surface area (Å²) < 4.78 is 12.8. The van der Waals surface area contributed by atoms with Crippen LogP contribution in [0.2, 0.25) is 0 Å². The van der Waals surface area contributed by atoms with Crippen molar-refractivity contribution in [1.82, 2.24) is 4.98 Å². The van der Waals surface area contributed by atoms with Gasteiger partial charge < -0.3 is 10.6 Å². The van der Waals surface area contributed by atoms with E-state index >= 15 is 0 Å². The van der Waals surface area contributed by atoms with Gasteiger partial charge in [-0.05, 0) is 23.9 Å². The Morgan fingerprint density at radius 2 is 2.26 bits per heavy atom. The summed E-state index contributed by atoms with van der Waals surface area (Å²) >= 11 is 1.26. The molecule has 0 atom stereocenters. The molecule has 0 bridgehead atoms. The van der Waals surface area contributed by atoms with Crippen LogP contribution in [0.5, 0.6) is 0 Å². The van der Waals surface area contributed by atoms with Gasteiger partial charge in [0.15, 0.2) is 0 Å². The third-order valence-corrected chi connectivity index (χ3v) is 3.90. The van der Waals surface area contributed by atoms with Crippen molar-refractivity contribution < 1.29 is 4.39 Å². The van der Waals surface area contributed by atoms with Crippen molar-refractivity contribution in [3.8, 4) is 0 Å². The van der Waals surface area contributed by atoms with E-state index in [1.807, 2.05) is 17.0 Å². The second-order valence-corrected chi connectivity index (χ2v) is 5.31. The molecule has 5 nitrogen and oxygen atoms in total. The van der Waals surface area contributed by atoms with E-state index in [1.165, 1.54) is 18.0 Å². The number of hydrogen-bond donors (Lipinski definition) is 2. The lowest BCUT2D eigenvalue weighted by Crippen LogP contribution is -2.48. The second-order valence-electron chi connectivity index (χ2n) is 4.31. The highest BCUT2D eigenvalue weighted by Crippen LogP contribution is 2.28. The zero-order valence-electron chi connectivity index (χ0n) is 10.0. The molecule has 0 aromatic carbocycles. The van der Waals surface area contributed by atoms with Gasteiger partial charge in [-0.25, -0.2) is 14.4 Å². The highest BCUT2D eigenvalue weighted by molar-refractivity contribution is 8.27. The molecule has 7 heteroatoms. The van der Waals surface area contributed by atoms with Crippen LogP contribution in [0.3, 0.4) is 0 Å². The zero-order valence-corrected chi connectivity index (χ0v) is 10.8. The first kappa shape index (κ1) is 12.2. The van der Waals surface area contributed by atoms with E-state index in [2.05, 4.69) is 9.98 Å². The van der Waals surface area contributed by atoms with Crippen LogP contribution in [-0.4, -0.2) is 34.3 Å². The largest absolute Gasteiger partial charge is 0.403 e. The molecule has 1 aromatic rings. The van der Waals surface area contributed by atoms with Crippen molar-refractivity contribution >= 4 is 27.7 Å². The molecule has 0 spiro atoms. The number of thioether (sulfide) groups is 1. The van der Waals surface area contributed by atoms with E-state index in [0.717, 1.165) is 11.4 Å². The average Bonchev–Trinajstić information content (AvgIpc) is 2.77. The number of nitrogens with one attached hydrogen (secondary N) is 1. The van der Waals surface area contributed by atoms with Gasteiger partial charge in [0, 0.05) is 18.0 Å². The highest BCUT2D eigenvalue weighted by Gasteiger charge is 2.27. The number of pyridine rings is 1. The van der Waals surface area contributed by atoms with Gasteiger partial charge in [-0.3, -0.25) is 5.41 Å². The fraction of sp³-hybridized carbons (Fsp3) is 0.250. The number of nitrogens with two attached hydrogens (primary N) is 1. The Morgan fingerprint density at radius 3 is 2.79 bits per heavy atom. The predicted octanol–water partition coefficient (Wildman–Crippen LogP) is 1.51. The number of hydrogen-bond acceptors (Lipinski definition) is 6. The lowest BCUT2D eigenvalue weighted by molar-refractivity contribution is 0.273. The third kappa shape index (κ3) is 2.21. The molecule has 3 N–H and O–H groups in total. The van der Waals surface area contributed by atoms with E-state index in [4.69, 9.17) is 11.1 Å². The van der Waals surface area contributed by atoms with Crippen molar-refractivity contribution in [2.75, 3.05) is 18.0 Å². The smallest absolute Gasteiger partial charge is 0.135 e. The Hall–Kier alpha value is -1.89. The summed E-state index contributed by atoms with van der Waals surface area (Å²) in [5.74, 6) is 0.769. The number of halogens is 1. The van der Waals surface area contributed by atoms with Gasteiger partial charge in [0.25, 0.3) is 0 Å². The van der Waals surface area contributed by atoms with Gasteiger partial charge in [0.1, 0.15) is 27.8 Å². The van der Waals surface area contributed by atoms with Crippen LogP contribution in [0.25, 0.3) is 0 Å². The molecule has 0 amide bonds. The predicted molar refractivity (Wildman–Crippen MR) is 75.5 cm³/mol. The van der Waals surface area contributed by atoms with Gasteiger partial charge >= 0.3 is 0 Å². The molecular formula is C12H12FN5S. The Bertz CT molecular complexity index is 574. The molecule has 0 saturated carbocycles. The Labute approximate surface area is 113 Å². The van der Waals surface area contributed by atoms with Crippen LogP contribution in [0.15, 0.2) is 35.2 Å². The van der Waals surface area contributed by atoms with Crippen molar-refractivity contribution in [1.29, 1.82) is 5.41 Å². The molecule has 98 valence electrons. The number of anilines is 1. The maximum absolute atomic E-state index is 12.8. The Balaban J connectivity index is 1.78. The first-order valence-electron chi connectivity index (χ1n) is 5.80. The summed E-state index contributed by atoms with van der Waals surface area (Å²) in [6, 6.07) is 3.73. The minimum Gasteiger partial charge on any atom is -0.403 e. The SMILES string of the molecule is N=C1SC(c2ccc(N3CC(F)C3)nc2)=N/C1=C/N. The standard InChI is InChI=1S/C12H12FN5S/c13-8-5-18(6-8)10-2-1-7(4-16-10)12-17-9(3-14)11(15)19-12/h1-4,8,15H,5-6,14H2/b9-3+,15-11?. The highest BCUT2D eigenvalue weighted by atomic mass is 32.2. The third-order valence-electron chi connectivity index (χ3n) is 2.97. The van der Waals surface area contributed by atoms with Crippen LogP contribution in [-0.2, 0) is 0 Å². The minimum absolute atomic E-state index is 0.338. The summed E-state index contributed by atoms with van der Waals surface area (Å²) in [4.78, 5) is 10.4. The zero-order chi connectivity index (χ0) is 13.4. The van der Waals surface area contributed by atoms with Crippen LogP contribution < -0.4 is 10.6 Å². The number of aromatic nitrogens is 1. The first-order chi connectivity index (χ1) is 9.17. The number of aliphatic imine (C=N–C) groups is 1. The average molecular weight is 277 g/mol. The number of nitrogens with zero attached hydrogens (tertiary/aromatic N) is 3. The molecule has 0 aliphatic carbocycles. The molecule has 1 aromatic heterocycles. The number of rotatable bonds is 2. The minimum atomic E-state index is -0.742. The van der Waals surface area contributed by atoms with Gasteiger partial charge in [-0.15, -0.1) is 0 Å². The van der Waals surface area contributed by atoms with E-state index in [1.54, 1.807) is 6.20 Å². The summed E-state index contributed by atoms with van der Waals surface area (Å²) in [6.07, 6.45) is 2.28. The topological polar surface area (TPSA) is 78.4 Å². The molecule has 2 aliphatic heterocycles. The van der Waals surface area contributed by atoms with Gasteiger partial charge in [0.05, 0.1) is 13.1 Å². The van der Waals surface area contributed by atoms with Crippen LogP contribution in [0, 0.1) is 5.41 Å². The summed E-state index contributed by atoms with van der Waals surface area (Å²) in [7, 11) is 0. The monoisotopic (exact) mass is 277 g/mol. The summed E-state index contributed by atoms with van der Waals surface area (Å²) in [5.41, 5.74) is 6.71. The molecule has 1 fully saturated rings. The lowest BCUT2D eigenvalue weighted by Gasteiger charge is -2.35. The fourth-order valence-electron chi connectivity index (χ4n) is 1.88. The van der Waals surface area contributed by atoms with Gasteiger partial charge in [0.2, 0.25) is 0 Å². The molecule has 3 rings (SSSR count). The quantitative estimate of drug-likeness (QED) is 0.859. The van der Waals surface area contributed by atoms with E-state index in [-0.39, 0.29) is 0 Å². The Morgan fingerprint density at radius 1 is 1.47 bits per heavy atom. The molecule has 0 radical (unpaired) electrons. The first-order valence-corrected chi connectivity index (χ1v) is 6.62. The molecule has 1 saturated heterocycles. The molecular weight excluding hydrogens is 265 g/mol. The second kappa shape index (κ2) is 4.65. The van der Waals surface area contributed by atoms with E-state index < -0.39 is 6.17 Å². The maximum Gasteiger partial charge on any atom is 0.135 e. The molecule has 3 heterocycles. The van der Waals surface area contributed by atoms with Crippen LogP contribution in [0.1, 0.15) is 5.56 Å². The summed E-state index contributed by atoms with van der Waals surface area (Å²) in [5, 5.41) is 8.74. The normalized spacial score (nSPS) is 21.7. The number of alkyl halides is 1. The molecule has 0 unspecified atom stereocenters. The lowest BCUT2D eigenvalue weighted by atomic mass is 10.2. The van der Waals surface area contributed by atoms with Crippen LogP contribution >= 0.6 is 11.8 Å². The van der Waals surface area contributed by atoms with Gasteiger partial charge in [-0.1, -0.05) is 0 Å². The summed E-state index contributed by atoms with van der Waals surface area (Å²) in [6.45, 7) is 0.819. The van der Waals surface area contributed by atoms with E-state index in [9.17, 15) is 4.39 Å². The maximum atomic E-state index is 12.8. The van der Waals surface area contributed by atoms with Crippen molar-refractivity contribution in [2.24, 2.45) is 10.7 Å². The van der Waals surface area contributed by atoms with Crippen molar-refractivity contribution in [3.63, 3.8) is 0 Å². The van der Waals surface area contributed by atoms with Gasteiger partial charge in [-0.2, -0.15) is 0 Å². The van der Waals surface area contributed by atoms with Crippen molar-refractivity contribution in [2.45, 2.75) is 6.17 Å². The van der Waals surface area contributed by atoms with E-state index in [0.29, 0.717) is 28.9 Å². The molecule has 19 heavy (non-hydrogen) atoms. The van der Waals surface area contributed by atoms with Crippen molar-refractivity contribution in [3.05, 3.63) is 35.8 Å². The Kier molecular flexibility index (Phi) is 2.98. The molecule has 2 aliphatic rings.